The second kappa shape index (κ2) is 8.41. The third-order valence-electron chi connectivity index (χ3n) is 4.39. The molecular formula is C21H16N2O8. The molecule has 0 spiro atoms. The van der Waals surface area contributed by atoms with Crippen molar-refractivity contribution in [2.75, 3.05) is 5.73 Å². The molecule has 0 unspecified atom stereocenters. The number of carboxylic acids is 3. The Kier molecular flexibility index (Phi) is 5.73. The lowest BCUT2D eigenvalue weighted by Crippen LogP contribution is -2.24. The van der Waals surface area contributed by atoms with E-state index in [1.165, 1.54) is 36.4 Å². The highest BCUT2D eigenvalue weighted by Crippen LogP contribution is 2.30. The predicted octanol–water partition coefficient (Wildman–Crippen LogP) is 2.30. The van der Waals surface area contributed by atoms with Crippen molar-refractivity contribution in [3.8, 4) is 16.9 Å². The van der Waals surface area contributed by atoms with Crippen LogP contribution in [0.1, 0.15) is 36.6 Å². The SMILES string of the molecule is Nc1[nH]c(=O)c(C(=O)O)c(-c2ccc(OCc3cccc(C(=O)O)c3)cc2)c1C(=O)O. The van der Waals surface area contributed by atoms with E-state index in [4.69, 9.17) is 15.6 Å². The first-order valence-corrected chi connectivity index (χ1v) is 8.77. The summed E-state index contributed by atoms with van der Waals surface area (Å²) in [4.78, 5) is 48.4. The topological polar surface area (TPSA) is 180 Å². The average molecular weight is 424 g/mol. The minimum Gasteiger partial charge on any atom is -0.489 e. The molecule has 0 atom stereocenters. The number of nitrogen functional groups attached to an aromatic ring is 1. The largest absolute Gasteiger partial charge is 0.489 e. The maximum absolute atomic E-state index is 12.1. The Morgan fingerprint density at radius 1 is 0.903 bits per heavy atom. The summed E-state index contributed by atoms with van der Waals surface area (Å²) in [6, 6.07) is 11.9. The molecule has 0 bridgehead atoms. The van der Waals surface area contributed by atoms with Crippen LogP contribution in [0.4, 0.5) is 5.82 Å². The number of aromatic amines is 1. The van der Waals surface area contributed by atoms with Crippen LogP contribution in [-0.4, -0.2) is 38.2 Å². The van der Waals surface area contributed by atoms with Crippen molar-refractivity contribution in [1.29, 1.82) is 0 Å². The van der Waals surface area contributed by atoms with Gasteiger partial charge in [-0.15, -0.1) is 0 Å². The van der Waals surface area contributed by atoms with Crippen molar-refractivity contribution >= 4 is 23.7 Å². The molecule has 2 aromatic carbocycles. The summed E-state index contributed by atoms with van der Waals surface area (Å²) >= 11 is 0. The lowest BCUT2D eigenvalue weighted by molar-refractivity contribution is 0.0682. The molecule has 10 nitrogen and oxygen atoms in total. The van der Waals surface area contributed by atoms with E-state index in [0.717, 1.165) is 0 Å². The number of aromatic nitrogens is 1. The summed E-state index contributed by atoms with van der Waals surface area (Å²) < 4.78 is 5.60. The van der Waals surface area contributed by atoms with E-state index in [-0.39, 0.29) is 23.3 Å². The molecule has 3 rings (SSSR count). The van der Waals surface area contributed by atoms with E-state index in [1.807, 2.05) is 4.98 Å². The fourth-order valence-corrected chi connectivity index (χ4v) is 3.01. The minimum atomic E-state index is -1.60. The molecule has 0 aliphatic carbocycles. The number of ether oxygens (including phenoxy) is 1. The van der Waals surface area contributed by atoms with E-state index < -0.39 is 40.4 Å². The van der Waals surface area contributed by atoms with Crippen LogP contribution >= 0.6 is 0 Å². The molecule has 6 N–H and O–H groups in total. The third-order valence-corrected chi connectivity index (χ3v) is 4.39. The molecule has 3 aromatic rings. The fourth-order valence-electron chi connectivity index (χ4n) is 3.01. The zero-order valence-electron chi connectivity index (χ0n) is 15.8. The van der Waals surface area contributed by atoms with Gasteiger partial charge >= 0.3 is 17.9 Å². The van der Waals surface area contributed by atoms with Gasteiger partial charge in [0.05, 0.1) is 5.56 Å². The van der Waals surface area contributed by atoms with Gasteiger partial charge in [0.25, 0.3) is 5.56 Å². The number of carboxylic acid groups (broad SMARTS) is 3. The van der Waals surface area contributed by atoms with Crippen LogP contribution < -0.4 is 16.0 Å². The van der Waals surface area contributed by atoms with Crippen LogP contribution in [0.15, 0.2) is 53.3 Å². The zero-order chi connectivity index (χ0) is 22.7. The second-order valence-electron chi connectivity index (χ2n) is 6.42. The zero-order valence-corrected chi connectivity index (χ0v) is 15.8. The number of hydrogen-bond acceptors (Lipinski definition) is 6. The number of anilines is 1. The summed E-state index contributed by atoms with van der Waals surface area (Å²) in [5, 5.41) is 27.9. The van der Waals surface area contributed by atoms with E-state index in [9.17, 15) is 29.4 Å². The smallest absolute Gasteiger partial charge is 0.342 e. The summed E-state index contributed by atoms with van der Waals surface area (Å²) in [5.74, 6) is -4.26. The van der Waals surface area contributed by atoms with Gasteiger partial charge < -0.3 is 30.8 Å². The summed E-state index contributed by atoms with van der Waals surface area (Å²) in [6.07, 6.45) is 0. The second-order valence-corrected chi connectivity index (χ2v) is 6.42. The Morgan fingerprint density at radius 2 is 1.55 bits per heavy atom. The van der Waals surface area contributed by atoms with Gasteiger partial charge in [-0.2, -0.15) is 0 Å². The minimum absolute atomic E-state index is 0.0686. The van der Waals surface area contributed by atoms with E-state index in [1.54, 1.807) is 12.1 Å². The van der Waals surface area contributed by atoms with Gasteiger partial charge in [0, 0.05) is 5.56 Å². The number of aromatic carboxylic acids is 3. The van der Waals surface area contributed by atoms with Gasteiger partial charge in [0.2, 0.25) is 0 Å². The molecule has 1 aromatic heterocycles. The number of nitrogens with two attached hydrogens (primary N) is 1. The molecule has 0 saturated heterocycles. The Hall–Kier alpha value is -4.60. The highest BCUT2D eigenvalue weighted by molar-refractivity contribution is 6.07. The predicted molar refractivity (Wildman–Crippen MR) is 109 cm³/mol. The number of nitrogens with one attached hydrogen (secondary N) is 1. The number of pyridine rings is 1. The average Bonchev–Trinajstić information content (AvgIpc) is 2.71. The number of H-pyrrole nitrogens is 1. The van der Waals surface area contributed by atoms with E-state index in [0.29, 0.717) is 11.3 Å². The first kappa shape index (κ1) is 21.1. The number of benzene rings is 2. The normalized spacial score (nSPS) is 10.5. The Balaban J connectivity index is 1.94. The van der Waals surface area contributed by atoms with Crippen molar-refractivity contribution in [3.05, 3.63) is 81.1 Å². The van der Waals surface area contributed by atoms with Crippen molar-refractivity contribution in [2.45, 2.75) is 6.61 Å². The Morgan fingerprint density at radius 3 is 2.13 bits per heavy atom. The lowest BCUT2D eigenvalue weighted by Gasteiger charge is -2.13. The van der Waals surface area contributed by atoms with Gasteiger partial charge in [-0.25, -0.2) is 14.4 Å². The van der Waals surface area contributed by atoms with Gasteiger partial charge in [0.15, 0.2) is 0 Å². The highest BCUT2D eigenvalue weighted by Gasteiger charge is 2.26. The standard InChI is InChI=1S/C21H16N2O8/c22-17-15(20(27)28)14(16(21(29)30)18(24)23-17)11-4-6-13(7-5-11)31-9-10-2-1-3-12(8-10)19(25)26/h1-8H,9H2,(H,25,26)(H,27,28)(H,29,30)(H3,22,23,24). The van der Waals surface area contributed by atoms with Crippen molar-refractivity contribution in [3.63, 3.8) is 0 Å². The summed E-state index contributed by atoms with van der Waals surface area (Å²) in [7, 11) is 0. The van der Waals surface area contributed by atoms with Gasteiger partial charge in [0.1, 0.15) is 29.3 Å². The molecule has 10 heteroatoms. The molecule has 1 heterocycles. The number of hydrogen-bond donors (Lipinski definition) is 5. The molecule has 0 fully saturated rings. The van der Waals surface area contributed by atoms with Crippen molar-refractivity contribution in [1.82, 2.24) is 4.98 Å². The third kappa shape index (κ3) is 4.37. The Labute approximate surface area is 174 Å². The van der Waals surface area contributed by atoms with Crippen LogP contribution in [0.5, 0.6) is 5.75 Å². The highest BCUT2D eigenvalue weighted by atomic mass is 16.5. The fraction of sp³-hybridized carbons (Fsp3) is 0.0476. The van der Waals surface area contributed by atoms with E-state index in [2.05, 4.69) is 0 Å². The molecule has 0 saturated carbocycles. The molecule has 0 amide bonds. The monoisotopic (exact) mass is 424 g/mol. The molecular weight excluding hydrogens is 408 g/mol. The van der Waals surface area contributed by atoms with Gasteiger partial charge in [-0.05, 0) is 35.4 Å². The van der Waals surface area contributed by atoms with Gasteiger partial charge in [-0.3, -0.25) is 4.79 Å². The molecule has 0 radical (unpaired) electrons. The van der Waals surface area contributed by atoms with Crippen LogP contribution in [0.25, 0.3) is 11.1 Å². The molecule has 0 aliphatic heterocycles. The van der Waals surface area contributed by atoms with Gasteiger partial charge in [-0.1, -0.05) is 24.3 Å². The van der Waals surface area contributed by atoms with Crippen LogP contribution in [0.2, 0.25) is 0 Å². The molecule has 31 heavy (non-hydrogen) atoms. The molecule has 0 aliphatic rings. The quantitative estimate of drug-likeness (QED) is 0.380. The Bertz CT molecular complexity index is 1250. The lowest BCUT2D eigenvalue weighted by atomic mass is 9.95. The molecule has 158 valence electrons. The first-order valence-electron chi connectivity index (χ1n) is 8.77. The van der Waals surface area contributed by atoms with E-state index >= 15 is 0 Å². The van der Waals surface area contributed by atoms with Crippen molar-refractivity contribution < 1.29 is 34.4 Å². The summed E-state index contributed by atoms with van der Waals surface area (Å²) in [5.41, 5.74) is 3.87. The number of rotatable bonds is 7. The summed E-state index contributed by atoms with van der Waals surface area (Å²) in [6.45, 7) is 0.0686. The maximum atomic E-state index is 12.1. The van der Waals surface area contributed by atoms with Crippen LogP contribution in [0, 0.1) is 0 Å². The maximum Gasteiger partial charge on any atom is 0.342 e. The van der Waals surface area contributed by atoms with Crippen molar-refractivity contribution in [2.24, 2.45) is 0 Å². The number of carbonyl (C=O) groups is 3. The first-order chi connectivity index (χ1) is 14.7. The van der Waals surface area contributed by atoms with Crippen LogP contribution in [0.3, 0.4) is 0 Å². The van der Waals surface area contributed by atoms with Crippen LogP contribution in [-0.2, 0) is 6.61 Å².